The van der Waals surface area contributed by atoms with E-state index in [1.807, 2.05) is 86.0 Å². The zero-order chi connectivity index (χ0) is 30.6. The number of methoxy groups -OCH3 is 1. The van der Waals surface area contributed by atoms with Crippen molar-refractivity contribution in [1.29, 1.82) is 0 Å². The Balaban J connectivity index is 1.40. The van der Waals surface area contributed by atoms with Gasteiger partial charge in [-0.1, -0.05) is 42.5 Å². The largest absolute Gasteiger partial charge is 0.497 e. The predicted molar refractivity (Wildman–Crippen MR) is 168 cm³/mol. The molecule has 3 N–H and O–H groups in total. The molecule has 1 fully saturated rings. The average molecular weight is 584 g/mol. The summed E-state index contributed by atoms with van der Waals surface area (Å²) in [5, 5.41) is 18.1. The fourth-order valence-electron chi connectivity index (χ4n) is 5.66. The van der Waals surface area contributed by atoms with E-state index in [4.69, 9.17) is 4.74 Å². The molecule has 1 saturated heterocycles. The van der Waals surface area contributed by atoms with Crippen LogP contribution in [0, 0.1) is 0 Å². The first-order chi connectivity index (χ1) is 20.7. The van der Waals surface area contributed by atoms with Gasteiger partial charge in [-0.05, 0) is 69.0 Å². The number of fused-ring (bicyclic) bond motifs is 1. The highest BCUT2D eigenvalue weighted by molar-refractivity contribution is 6.07. The lowest BCUT2D eigenvalue weighted by molar-refractivity contribution is -0.117. The van der Waals surface area contributed by atoms with E-state index < -0.39 is 17.7 Å². The summed E-state index contributed by atoms with van der Waals surface area (Å²) in [5.41, 5.74) is 4.14. The Morgan fingerprint density at radius 2 is 1.91 bits per heavy atom. The molecule has 2 amide bonds. The predicted octanol–water partition coefficient (Wildman–Crippen LogP) is 4.42. The molecule has 0 spiro atoms. The van der Waals surface area contributed by atoms with E-state index in [1.165, 1.54) is 0 Å². The number of anilines is 1. The third-order valence-electron chi connectivity index (χ3n) is 8.30. The van der Waals surface area contributed by atoms with Gasteiger partial charge in [0, 0.05) is 37.2 Å². The van der Waals surface area contributed by atoms with Crippen molar-refractivity contribution in [3.8, 4) is 5.75 Å². The molecule has 2 atom stereocenters. The Morgan fingerprint density at radius 1 is 1.12 bits per heavy atom. The lowest BCUT2D eigenvalue weighted by atomic mass is 9.93. The van der Waals surface area contributed by atoms with E-state index in [1.54, 1.807) is 24.4 Å². The van der Waals surface area contributed by atoms with Crippen molar-refractivity contribution in [3.05, 3.63) is 89.7 Å². The maximum absolute atomic E-state index is 13.9. The van der Waals surface area contributed by atoms with Crippen LogP contribution in [-0.2, 0) is 23.3 Å². The van der Waals surface area contributed by atoms with Gasteiger partial charge in [-0.15, -0.1) is 0 Å². The zero-order valence-corrected chi connectivity index (χ0v) is 25.3. The van der Waals surface area contributed by atoms with Gasteiger partial charge in [-0.3, -0.25) is 9.59 Å². The van der Waals surface area contributed by atoms with Gasteiger partial charge in [-0.2, -0.15) is 0 Å². The number of carbonyl (C=O) groups excluding carboxylic acids is 2. The molecule has 9 heteroatoms. The molecule has 9 nitrogen and oxygen atoms in total. The Bertz CT molecular complexity index is 1580. The van der Waals surface area contributed by atoms with Crippen molar-refractivity contribution in [1.82, 2.24) is 20.2 Å². The number of nitrogens with one attached hydrogen (secondary N) is 2. The van der Waals surface area contributed by atoms with E-state index in [0.717, 1.165) is 28.8 Å². The van der Waals surface area contributed by atoms with Crippen LogP contribution >= 0.6 is 0 Å². The van der Waals surface area contributed by atoms with Crippen LogP contribution in [0.2, 0.25) is 0 Å². The van der Waals surface area contributed by atoms with Crippen LogP contribution < -0.4 is 20.3 Å². The van der Waals surface area contributed by atoms with Crippen molar-refractivity contribution < 1.29 is 19.4 Å². The average Bonchev–Trinajstić information content (AvgIpc) is 3.65. The van der Waals surface area contributed by atoms with Crippen LogP contribution in [0.5, 0.6) is 5.75 Å². The Kier molecular flexibility index (Phi) is 9.13. The normalized spacial score (nSPS) is 15.1. The molecule has 3 aromatic carbocycles. The fourth-order valence-corrected chi connectivity index (χ4v) is 5.66. The molecule has 2 heterocycles. The Hall–Kier alpha value is -4.21. The Labute approximate surface area is 252 Å². The minimum Gasteiger partial charge on any atom is -0.497 e. The van der Waals surface area contributed by atoms with Gasteiger partial charge >= 0.3 is 0 Å². The molecule has 1 aliphatic rings. The quantitative estimate of drug-likeness (QED) is 0.228. The third kappa shape index (κ3) is 6.73. The molecule has 0 aliphatic carbocycles. The van der Waals surface area contributed by atoms with Crippen molar-refractivity contribution in [2.45, 2.75) is 64.3 Å². The molecular formula is C34H41N5O4. The number of ether oxygens (including phenoxy) is 1. The first-order valence-corrected chi connectivity index (χ1v) is 14.9. The molecule has 5 rings (SSSR count). The smallest absolute Gasteiger partial charge is 0.251 e. The molecule has 43 heavy (non-hydrogen) atoms. The summed E-state index contributed by atoms with van der Waals surface area (Å²) in [6, 6.07) is 20.6. The summed E-state index contributed by atoms with van der Waals surface area (Å²) in [4.78, 5) is 32.9. The monoisotopic (exact) mass is 583 g/mol. The number of aromatic nitrogens is 2. The molecular weight excluding hydrogens is 542 g/mol. The second kappa shape index (κ2) is 13.0. The molecule has 0 radical (unpaired) electrons. The van der Waals surface area contributed by atoms with Gasteiger partial charge in [0.2, 0.25) is 5.91 Å². The minimum absolute atomic E-state index is 0.0343. The number of rotatable bonds is 12. The van der Waals surface area contributed by atoms with E-state index in [2.05, 4.69) is 15.6 Å². The lowest BCUT2D eigenvalue weighted by Gasteiger charge is -2.31. The number of aliphatic hydroxyl groups is 1. The molecule has 0 unspecified atom stereocenters. The number of hydrogen-bond acceptors (Lipinski definition) is 6. The minimum atomic E-state index is -0.890. The summed E-state index contributed by atoms with van der Waals surface area (Å²) in [7, 11) is 1.64. The number of aryl methyl sites for hydroxylation is 1. The summed E-state index contributed by atoms with van der Waals surface area (Å²) in [6.45, 7) is 7.64. The van der Waals surface area contributed by atoms with E-state index in [-0.39, 0.29) is 18.4 Å². The number of nitrogens with zero attached hydrogens (tertiary/aromatic N) is 3. The van der Waals surface area contributed by atoms with Crippen molar-refractivity contribution in [2.75, 3.05) is 25.1 Å². The molecule has 0 saturated carbocycles. The number of carbonyl (C=O) groups is 2. The van der Waals surface area contributed by atoms with Crippen LogP contribution in [-0.4, -0.2) is 58.8 Å². The highest BCUT2D eigenvalue weighted by atomic mass is 16.5. The van der Waals surface area contributed by atoms with E-state index in [0.29, 0.717) is 42.7 Å². The Morgan fingerprint density at radius 3 is 2.60 bits per heavy atom. The number of benzene rings is 3. The van der Waals surface area contributed by atoms with Gasteiger partial charge in [0.1, 0.15) is 11.3 Å². The molecule has 1 aromatic heterocycles. The fraction of sp³-hybridized carbons (Fsp3) is 0.382. The SMILES string of the molecule is CCn1cnc2c(N3CCCC3=O)cc(C(=O)N[C@@H](Cc3ccccc3)[C@H](O)CNC(C)(C)c3cccc(OC)c3)cc21. The molecule has 1 aliphatic heterocycles. The first-order valence-electron chi connectivity index (χ1n) is 14.9. The number of hydrogen-bond donors (Lipinski definition) is 3. The lowest BCUT2D eigenvalue weighted by Crippen LogP contribution is -2.51. The topological polar surface area (TPSA) is 109 Å². The summed E-state index contributed by atoms with van der Waals surface area (Å²) < 4.78 is 7.37. The highest BCUT2D eigenvalue weighted by Gasteiger charge is 2.29. The second-order valence-corrected chi connectivity index (χ2v) is 11.6. The van der Waals surface area contributed by atoms with Gasteiger partial charge < -0.3 is 29.9 Å². The van der Waals surface area contributed by atoms with Crippen molar-refractivity contribution >= 4 is 28.5 Å². The van der Waals surface area contributed by atoms with E-state index in [9.17, 15) is 14.7 Å². The molecule has 0 bridgehead atoms. The summed E-state index contributed by atoms with van der Waals surface area (Å²) >= 11 is 0. The maximum Gasteiger partial charge on any atom is 0.251 e. The van der Waals surface area contributed by atoms with Crippen LogP contribution in [0.25, 0.3) is 11.0 Å². The van der Waals surface area contributed by atoms with Gasteiger partial charge in [-0.25, -0.2) is 4.98 Å². The van der Waals surface area contributed by atoms with Gasteiger partial charge in [0.05, 0.1) is 36.8 Å². The standard InChI is InChI=1S/C34H41N5O4/c1-5-38-22-35-32-28(38)18-24(19-29(32)39-16-10-15-31(39)41)33(42)37-27(17-23-11-7-6-8-12-23)30(40)21-36-34(2,3)25-13-9-14-26(20-25)43-4/h6-9,11-14,18-20,22,27,30,36,40H,5,10,15-17,21H2,1-4H3,(H,37,42)/t27-,30+/m0/s1. The molecule has 226 valence electrons. The zero-order valence-electron chi connectivity index (χ0n) is 25.3. The summed E-state index contributed by atoms with van der Waals surface area (Å²) in [6.07, 6.45) is 2.56. The van der Waals surface area contributed by atoms with Crippen LogP contribution in [0.4, 0.5) is 5.69 Å². The first kappa shape index (κ1) is 30.3. The highest BCUT2D eigenvalue weighted by Crippen LogP contribution is 2.31. The van der Waals surface area contributed by atoms with Crippen molar-refractivity contribution in [2.24, 2.45) is 0 Å². The maximum atomic E-state index is 13.9. The van der Waals surface area contributed by atoms with Crippen LogP contribution in [0.1, 0.15) is 55.1 Å². The molecule has 4 aromatic rings. The van der Waals surface area contributed by atoms with Crippen LogP contribution in [0.15, 0.2) is 73.1 Å². The number of amides is 2. The van der Waals surface area contributed by atoms with E-state index >= 15 is 0 Å². The van der Waals surface area contributed by atoms with Gasteiger partial charge in [0.15, 0.2) is 0 Å². The third-order valence-corrected chi connectivity index (χ3v) is 8.30. The van der Waals surface area contributed by atoms with Crippen molar-refractivity contribution in [3.63, 3.8) is 0 Å². The second-order valence-electron chi connectivity index (χ2n) is 11.6. The number of imidazole rings is 1. The van der Waals surface area contributed by atoms with Gasteiger partial charge in [0.25, 0.3) is 5.91 Å². The van der Waals surface area contributed by atoms with Crippen LogP contribution in [0.3, 0.4) is 0 Å². The number of aliphatic hydroxyl groups excluding tert-OH is 1. The summed E-state index contributed by atoms with van der Waals surface area (Å²) in [5.74, 6) is 0.483.